The fraction of sp³-hybridized carbons (Fsp3) is 0.588. The summed E-state index contributed by atoms with van der Waals surface area (Å²) in [6.07, 6.45) is 0.863. The molecule has 0 heterocycles. The van der Waals surface area contributed by atoms with Gasteiger partial charge >= 0.3 is 6.03 Å². The fourth-order valence-corrected chi connectivity index (χ4v) is 2.17. The zero-order chi connectivity index (χ0) is 16.8. The predicted octanol–water partition coefficient (Wildman–Crippen LogP) is 2.60. The molecule has 3 N–H and O–H groups in total. The summed E-state index contributed by atoms with van der Waals surface area (Å²) in [6.45, 7) is 8.36. The number of urea groups is 1. The van der Waals surface area contributed by atoms with Crippen molar-refractivity contribution >= 4 is 6.03 Å². The van der Waals surface area contributed by atoms with Gasteiger partial charge in [0.15, 0.2) is 0 Å². The van der Waals surface area contributed by atoms with Crippen LogP contribution >= 0.6 is 0 Å². The molecule has 0 bridgehead atoms. The van der Waals surface area contributed by atoms with Crippen molar-refractivity contribution < 1.29 is 14.6 Å². The number of hydrogen-bond acceptors (Lipinski definition) is 3. The quantitative estimate of drug-likeness (QED) is 0.725. The van der Waals surface area contributed by atoms with Crippen molar-refractivity contribution in [3.63, 3.8) is 0 Å². The maximum Gasteiger partial charge on any atom is 0.315 e. The second-order valence-electron chi connectivity index (χ2n) is 6.01. The van der Waals surface area contributed by atoms with Gasteiger partial charge < -0.3 is 20.5 Å². The Morgan fingerprint density at radius 2 is 2.09 bits per heavy atom. The van der Waals surface area contributed by atoms with Crippen LogP contribution in [0, 0.1) is 12.8 Å². The Labute approximate surface area is 133 Å². The van der Waals surface area contributed by atoms with E-state index in [-0.39, 0.29) is 18.5 Å². The third-order valence-electron chi connectivity index (χ3n) is 4.19. The summed E-state index contributed by atoms with van der Waals surface area (Å²) in [6, 6.07) is 5.51. The van der Waals surface area contributed by atoms with Crippen LogP contribution < -0.4 is 15.4 Å². The lowest BCUT2D eigenvalue weighted by atomic mass is 9.89. The van der Waals surface area contributed by atoms with Crippen molar-refractivity contribution in [1.82, 2.24) is 10.6 Å². The largest absolute Gasteiger partial charge is 0.496 e. The first-order chi connectivity index (χ1) is 10.3. The standard InChI is InChI=1S/C17H28N2O3/c1-6-13(3)17(4,21)11-19-16(20)18-10-14-7-8-15(22-5)12(2)9-14/h7-9,13,21H,6,10-11H2,1-5H3,(H2,18,19,20). The van der Waals surface area contributed by atoms with Gasteiger partial charge in [-0.15, -0.1) is 0 Å². The number of rotatable bonds is 7. The third kappa shape index (κ3) is 5.22. The highest BCUT2D eigenvalue weighted by atomic mass is 16.5. The van der Waals surface area contributed by atoms with Crippen molar-refractivity contribution in [2.45, 2.75) is 46.3 Å². The minimum Gasteiger partial charge on any atom is -0.496 e. The minimum absolute atomic E-state index is 0.122. The van der Waals surface area contributed by atoms with E-state index in [2.05, 4.69) is 10.6 Å². The molecule has 0 spiro atoms. The van der Waals surface area contributed by atoms with Crippen molar-refractivity contribution in [3.05, 3.63) is 29.3 Å². The highest BCUT2D eigenvalue weighted by Gasteiger charge is 2.27. The van der Waals surface area contributed by atoms with E-state index in [1.807, 2.05) is 39.0 Å². The Balaban J connectivity index is 2.45. The summed E-state index contributed by atoms with van der Waals surface area (Å²) in [5.74, 6) is 0.954. The van der Waals surface area contributed by atoms with E-state index in [1.54, 1.807) is 14.0 Å². The number of aryl methyl sites for hydroxylation is 1. The molecule has 1 aromatic carbocycles. The van der Waals surface area contributed by atoms with Gasteiger partial charge in [0.1, 0.15) is 5.75 Å². The predicted molar refractivity (Wildman–Crippen MR) is 88.0 cm³/mol. The van der Waals surface area contributed by atoms with Crippen LogP contribution in [-0.2, 0) is 6.54 Å². The average molecular weight is 308 g/mol. The van der Waals surface area contributed by atoms with Crippen LogP contribution in [0.4, 0.5) is 4.79 Å². The van der Waals surface area contributed by atoms with Gasteiger partial charge in [-0.05, 0) is 37.0 Å². The van der Waals surface area contributed by atoms with Gasteiger partial charge in [0.25, 0.3) is 0 Å². The van der Waals surface area contributed by atoms with Gasteiger partial charge in [0.05, 0.1) is 12.7 Å². The van der Waals surface area contributed by atoms with Crippen molar-refractivity contribution in [2.24, 2.45) is 5.92 Å². The Morgan fingerprint density at radius 1 is 1.41 bits per heavy atom. The lowest BCUT2D eigenvalue weighted by Crippen LogP contribution is -2.47. The van der Waals surface area contributed by atoms with E-state index < -0.39 is 5.60 Å². The summed E-state index contributed by atoms with van der Waals surface area (Å²) in [5, 5.41) is 15.8. The molecular weight excluding hydrogens is 280 g/mol. The zero-order valence-corrected chi connectivity index (χ0v) is 14.2. The summed E-state index contributed by atoms with van der Waals surface area (Å²) in [7, 11) is 1.64. The lowest BCUT2D eigenvalue weighted by molar-refractivity contribution is 0.00790. The lowest BCUT2D eigenvalue weighted by Gasteiger charge is -2.29. The molecule has 0 fully saturated rings. The van der Waals surface area contributed by atoms with Crippen LogP contribution in [0.2, 0.25) is 0 Å². The molecule has 0 aromatic heterocycles. The van der Waals surface area contributed by atoms with Crippen molar-refractivity contribution in [3.8, 4) is 5.75 Å². The minimum atomic E-state index is -0.900. The number of nitrogens with one attached hydrogen (secondary N) is 2. The Morgan fingerprint density at radius 3 is 2.64 bits per heavy atom. The van der Waals surface area contributed by atoms with Gasteiger partial charge in [0.2, 0.25) is 0 Å². The molecule has 124 valence electrons. The molecule has 5 heteroatoms. The topological polar surface area (TPSA) is 70.6 Å². The van der Waals surface area contributed by atoms with Crippen LogP contribution in [0.3, 0.4) is 0 Å². The molecule has 22 heavy (non-hydrogen) atoms. The molecule has 1 aromatic rings. The first kappa shape index (κ1) is 18.3. The molecule has 0 aliphatic carbocycles. The molecule has 0 saturated heterocycles. The molecule has 2 amide bonds. The van der Waals surface area contributed by atoms with E-state index >= 15 is 0 Å². The van der Waals surface area contributed by atoms with Gasteiger partial charge in [-0.1, -0.05) is 32.4 Å². The molecule has 5 nitrogen and oxygen atoms in total. The molecular formula is C17H28N2O3. The molecule has 1 rings (SSSR count). The number of benzene rings is 1. The number of amides is 2. The van der Waals surface area contributed by atoms with Crippen molar-refractivity contribution in [1.29, 1.82) is 0 Å². The number of methoxy groups -OCH3 is 1. The van der Waals surface area contributed by atoms with Crippen LogP contribution in [0.15, 0.2) is 18.2 Å². The van der Waals surface area contributed by atoms with Crippen LogP contribution in [0.25, 0.3) is 0 Å². The van der Waals surface area contributed by atoms with Crippen LogP contribution in [0.1, 0.15) is 38.3 Å². The second-order valence-corrected chi connectivity index (χ2v) is 6.01. The Kier molecular flexibility index (Phi) is 6.68. The summed E-state index contributed by atoms with van der Waals surface area (Å²) in [5.41, 5.74) is 1.13. The van der Waals surface area contributed by atoms with Crippen LogP contribution in [-0.4, -0.2) is 30.4 Å². The number of carbonyl (C=O) groups is 1. The molecule has 0 saturated carbocycles. The maximum absolute atomic E-state index is 11.8. The monoisotopic (exact) mass is 308 g/mol. The van der Waals surface area contributed by atoms with Crippen LogP contribution in [0.5, 0.6) is 5.75 Å². The average Bonchev–Trinajstić information content (AvgIpc) is 2.50. The zero-order valence-electron chi connectivity index (χ0n) is 14.2. The molecule has 2 atom stereocenters. The van der Waals surface area contributed by atoms with E-state index in [0.717, 1.165) is 23.3 Å². The Bertz CT molecular complexity index is 501. The molecule has 2 unspecified atom stereocenters. The highest BCUT2D eigenvalue weighted by molar-refractivity contribution is 5.73. The van der Waals surface area contributed by atoms with Crippen molar-refractivity contribution in [2.75, 3.05) is 13.7 Å². The number of ether oxygens (including phenoxy) is 1. The van der Waals surface area contributed by atoms with Gasteiger partial charge in [0, 0.05) is 13.1 Å². The normalized spacial score (nSPS) is 14.8. The maximum atomic E-state index is 11.8. The number of hydrogen-bond donors (Lipinski definition) is 3. The third-order valence-corrected chi connectivity index (χ3v) is 4.19. The van der Waals surface area contributed by atoms with E-state index in [9.17, 15) is 9.90 Å². The van der Waals surface area contributed by atoms with E-state index in [4.69, 9.17) is 4.74 Å². The molecule has 0 aliphatic rings. The van der Waals surface area contributed by atoms with Gasteiger partial charge in [-0.3, -0.25) is 0 Å². The summed E-state index contributed by atoms with van der Waals surface area (Å²) < 4.78 is 5.21. The highest BCUT2D eigenvalue weighted by Crippen LogP contribution is 2.19. The van der Waals surface area contributed by atoms with Gasteiger partial charge in [-0.2, -0.15) is 0 Å². The number of aliphatic hydroxyl groups is 1. The first-order valence-electron chi connectivity index (χ1n) is 7.67. The first-order valence-corrected chi connectivity index (χ1v) is 7.67. The fourth-order valence-electron chi connectivity index (χ4n) is 2.17. The number of carbonyl (C=O) groups excluding carboxylic acids is 1. The summed E-state index contributed by atoms with van der Waals surface area (Å²) in [4.78, 5) is 11.8. The SMILES string of the molecule is CCC(C)C(C)(O)CNC(=O)NCc1ccc(OC)c(C)c1. The van der Waals surface area contributed by atoms with Gasteiger partial charge in [-0.25, -0.2) is 4.79 Å². The summed E-state index contributed by atoms with van der Waals surface area (Å²) >= 11 is 0. The second kappa shape index (κ2) is 8.03. The molecule has 0 aliphatic heterocycles. The molecule has 0 radical (unpaired) electrons. The van der Waals surface area contributed by atoms with E-state index in [0.29, 0.717) is 6.54 Å². The smallest absolute Gasteiger partial charge is 0.315 e. The Hall–Kier alpha value is -1.75. The van der Waals surface area contributed by atoms with E-state index in [1.165, 1.54) is 0 Å².